The first kappa shape index (κ1) is 27.7. The van der Waals surface area contributed by atoms with Gasteiger partial charge in [-0.3, -0.25) is 0 Å². The predicted molar refractivity (Wildman–Crippen MR) is 142 cm³/mol. The molecule has 3 rings (SSSR count). The van der Waals surface area contributed by atoms with E-state index in [-0.39, 0.29) is 20.8 Å². The number of phenols is 1. The summed E-state index contributed by atoms with van der Waals surface area (Å²) in [4.78, 5) is 13.2. The van der Waals surface area contributed by atoms with Gasteiger partial charge in [0.1, 0.15) is 11.9 Å². The molecule has 0 saturated carbocycles. The zero-order valence-electron chi connectivity index (χ0n) is 20.8. The molecule has 0 amide bonds. The summed E-state index contributed by atoms with van der Waals surface area (Å²) in [7, 11) is 0. The molecule has 2 bridgehead atoms. The minimum absolute atomic E-state index is 0.153. The van der Waals surface area contributed by atoms with Crippen molar-refractivity contribution in [1.82, 2.24) is 0 Å². The molecular formula is C27H38Br2O5. The van der Waals surface area contributed by atoms with Crippen molar-refractivity contribution in [3.63, 3.8) is 0 Å². The lowest BCUT2D eigenvalue weighted by Crippen LogP contribution is -2.43. The van der Waals surface area contributed by atoms with Gasteiger partial charge in [-0.15, -0.1) is 0 Å². The lowest BCUT2D eigenvalue weighted by molar-refractivity contribution is -0.0765. The fraction of sp³-hybridized carbons (Fsp3) is 0.667. The number of rotatable bonds is 1. The van der Waals surface area contributed by atoms with E-state index >= 15 is 0 Å². The van der Waals surface area contributed by atoms with Gasteiger partial charge in [-0.25, -0.2) is 4.79 Å². The molecule has 2 aliphatic rings. The summed E-state index contributed by atoms with van der Waals surface area (Å²) in [5.41, 5.74) is 1.14. The summed E-state index contributed by atoms with van der Waals surface area (Å²) < 4.78 is 5.75. The van der Waals surface area contributed by atoms with Crippen LogP contribution in [0.15, 0.2) is 29.3 Å². The van der Waals surface area contributed by atoms with Crippen LogP contribution in [0, 0.1) is 5.41 Å². The lowest BCUT2D eigenvalue weighted by atomic mass is 9.66. The highest BCUT2D eigenvalue weighted by Crippen LogP contribution is 2.50. The minimum atomic E-state index is -1.27. The van der Waals surface area contributed by atoms with Crippen molar-refractivity contribution in [2.75, 3.05) is 0 Å². The zero-order valence-corrected chi connectivity index (χ0v) is 24.0. The van der Waals surface area contributed by atoms with Crippen molar-refractivity contribution in [2.24, 2.45) is 5.41 Å². The molecule has 7 heteroatoms. The molecule has 1 aromatic carbocycles. The maximum absolute atomic E-state index is 13.1. The summed E-state index contributed by atoms with van der Waals surface area (Å²) >= 11 is 7.68. The van der Waals surface area contributed by atoms with Gasteiger partial charge in [0, 0.05) is 15.1 Å². The smallest absolute Gasteiger partial charge is 0.338 e. The fourth-order valence-electron chi connectivity index (χ4n) is 5.27. The molecule has 5 unspecified atom stereocenters. The highest BCUT2D eigenvalue weighted by atomic mass is 79.9. The summed E-state index contributed by atoms with van der Waals surface area (Å²) in [6.07, 6.45) is 4.04. The van der Waals surface area contributed by atoms with Gasteiger partial charge in [0.15, 0.2) is 0 Å². The molecule has 3 N–H and O–H groups in total. The molecule has 34 heavy (non-hydrogen) atoms. The average Bonchev–Trinajstić information content (AvgIpc) is 2.75. The molecule has 190 valence electrons. The number of hydrogen-bond donors (Lipinski definition) is 3. The number of aromatic hydroxyl groups is 1. The van der Waals surface area contributed by atoms with Crippen LogP contribution in [0.25, 0.3) is 0 Å². The van der Waals surface area contributed by atoms with Gasteiger partial charge in [0.05, 0.1) is 16.8 Å². The first-order valence-electron chi connectivity index (χ1n) is 12.1. The first-order valence-corrected chi connectivity index (χ1v) is 13.9. The number of halogens is 2. The maximum Gasteiger partial charge on any atom is 0.338 e. The number of carbonyl (C=O) groups is 1. The molecule has 5 nitrogen and oxygen atoms in total. The second-order valence-electron chi connectivity index (χ2n) is 11.2. The third-order valence-corrected chi connectivity index (χ3v) is 10.8. The first-order chi connectivity index (χ1) is 15.6. The van der Waals surface area contributed by atoms with Crippen LogP contribution in [0.3, 0.4) is 0 Å². The quantitative estimate of drug-likeness (QED) is 0.203. The third kappa shape index (κ3) is 5.91. The molecule has 0 fully saturated rings. The molecule has 0 saturated heterocycles. The van der Waals surface area contributed by atoms with Gasteiger partial charge >= 0.3 is 5.97 Å². The van der Waals surface area contributed by atoms with E-state index in [1.54, 1.807) is 39.0 Å². The van der Waals surface area contributed by atoms with Crippen molar-refractivity contribution in [3.05, 3.63) is 40.5 Å². The van der Waals surface area contributed by atoms with Crippen molar-refractivity contribution < 1.29 is 24.9 Å². The van der Waals surface area contributed by atoms with E-state index in [9.17, 15) is 20.1 Å². The number of fused-ring (bicyclic) bond motifs is 3. The SMILES string of the molecule is CC1=C2Cc3cc(ccc3O)C(=O)OC(C(C)(C)O)CCC(C)(O)C(Br)CCC2(C)C(Br)CC1. The van der Waals surface area contributed by atoms with Crippen LogP contribution in [0.5, 0.6) is 5.75 Å². The van der Waals surface area contributed by atoms with Crippen molar-refractivity contribution in [2.45, 2.75) is 107 Å². The number of allylic oxidation sites excluding steroid dienone is 2. The summed E-state index contributed by atoms with van der Waals surface area (Å²) in [6.45, 7) is 9.44. The molecule has 1 aliphatic carbocycles. The molecular weight excluding hydrogens is 564 g/mol. The molecule has 1 heterocycles. The number of aliphatic hydroxyl groups is 2. The zero-order chi connectivity index (χ0) is 25.5. The summed E-state index contributed by atoms with van der Waals surface area (Å²) in [5.74, 6) is -0.394. The second kappa shape index (κ2) is 10.2. The highest BCUT2D eigenvalue weighted by molar-refractivity contribution is 9.09. The van der Waals surface area contributed by atoms with E-state index in [0.29, 0.717) is 30.4 Å². The predicted octanol–water partition coefficient (Wildman–Crippen LogP) is 6.20. The Kier molecular flexibility index (Phi) is 8.33. The van der Waals surface area contributed by atoms with Gasteiger partial charge in [-0.1, -0.05) is 49.9 Å². The maximum atomic E-state index is 13.1. The molecule has 0 aromatic heterocycles. The monoisotopic (exact) mass is 600 g/mol. The Morgan fingerprint density at radius 3 is 2.41 bits per heavy atom. The van der Waals surface area contributed by atoms with Crippen LogP contribution >= 0.6 is 31.9 Å². The van der Waals surface area contributed by atoms with Crippen molar-refractivity contribution >= 4 is 37.8 Å². The van der Waals surface area contributed by atoms with Gasteiger partial charge < -0.3 is 20.1 Å². The molecule has 0 spiro atoms. The Labute approximate surface area is 220 Å². The Hall–Kier alpha value is -0.890. The van der Waals surface area contributed by atoms with Crippen molar-refractivity contribution in [1.29, 1.82) is 0 Å². The highest BCUT2D eigenvalue weighted by Gasteiger charge is 2.42. The molecule has 5 atom stereocenters. The van der Waals surface area contributed by atoms with Crippen LogP contribution < -0.4 is 0 Å². The van der Waals surface area contributed by atoms with E-state index < -0.39 is 23.3 Å². The van der Waals surface area contributed by atoms with E-state index in [0.717, 1.165) is 25.7 Å². The fourth-order valence-corrected chi connectivity index (χ4v) is 6.46. The van der Waals surface area contributed by atoms with Crippen molar-refractivity contribution in [3.8, 4) is 5.75 Å². The van der Waals surface area contributed by atoms with Crippen LogP contribution in [-0.2, 0) is 11.2 Å². The Balaban J connectivity index is 2.09. The van der Waals surface area contributed by atoms with Gasteiger partial charge in [0.2, 0.25) is 0 Å². The van der Waals surface area contributed by atoms with Crippen LogP contribution in [0.4, 0.5) is 0 Å². The van der Waals surface area contributed by atoms with Crippen LogP contribution in [0.2, 0.25) is 0 Å². The summed E-state index contributed by atoms with van der Waals surface area (Å²) in [6, 6.07) is 4.81. The van der Waals surface area contributed by atoms with E-state index in [4.69, 9.17) is 4.74 Å². The molecule has 1 aliphatic heterocycles. The van der Waals surface area contributed by atoms with E-state index in [1.165, 1.54) is 11.1 Å². The normalized spacial score (nSPS) is 34.0. The van der Waals surface area contributed by atoms with Crippen LogP contribution in [-0.4, -0.2) is 48.2 Å². The Morgan fingerprint density at radius 1 is 1.09 bits per heavy atom. The lowest BCUT2D eigenvalue weighted by Gasteiger charge is -2.43. The van der Waals surface area contributed by atoms with Crippen LogP contribution in [0.1, 0.15) is 89.1 Å². The Morgan fingerprint density at radius 2 is 1.76 bits per heavy atom. The standard InChI is InChI=1S/C27H38Br2O5/c1-16-6-9-21(28)26(4)12-10-22(29)27(5,33)13-11-23(25(2,3)32)34-24(31)17-7-8-20(30)18(14-17)15-19(16)26/h7-8,14,21-23,30,32-33H,6,9-13,15H2,1-5H3. The number of phenolic OH excluding ortho intramolecular Hbond substituents is 1. The number of ether oxygens (including phenoxy) is 1. The molecule has 1 aromatic rings. The largest absolute Gasteiger partial charge is 0.508 e. The number of benzene rings is 1. The molecule has 0 radical (unpaired) electrons. The van der Waals surface area contributed by atoms with E-state index in [1.807, 2.05) is 0 Å². The van der Waals surface area contributed by atoms with Gasteiger partial charge in [-0.05, 0) is 96.4 Å². The van der Waals surface area contributed by atoms with E-state index in [2.05, 4.69) is 45.7 Å². The number of carbonyl (C=O) groups excluding carboxylic acids is 1. The minimum Gasteiger partial charge on any atom is -0.508 e. The van der Waals surface area contributed by atoms with Gasteiger partial charge in [-0.2, -0.15) is 0 Å². The second-order valence-corrected chi connectivity index (χ2v) is 13.4. The third-order valence-electron chi connectivity index (χ3n) is 7.89. The number of esters is 1. The number of cyclic esters (lactones) is 1. The number of hydrogen-bond acceptors (Lipinski definition) is 5. The topological polar surface area (TPSA) is 87.0 Å². The Bertz CT molecular complexity index is 949. The average molecular weight is 602 g/mol. The van der Waals surface area contributed by atoms with Gasteiger partial charge in [0.25, 0.3) is 0 Å². The number of alkyl halides is 2. The summed E-state index contributed by atoms with van der Waals surface area (Å²) in [5, 5.41) is 32.6.